The molecule has 3 N–H and O–H groups in total. The van der Waals surface area contributed by atoms with Crippen LogP contribution in [-0.4, -0.2) is 66.6 Å². The van der Waals surface area contributed by atoms with Gasteiger partial charge in [0.2, 0.25) is 5.88 Å². The summed E-state index contributed by atoms with van der Waals surface area (Å²) >= 11 is 0. The van der Waals surface area contributed by atoms with Gasteiger partial charge in [-0.2, -0.15) is 47.9 Å². The van der Waals surface area contributed by atoms with Crippen molar-refractivity contribution >= 4 is 16.1 Å². The van der Waals surface area contributed by atoms with Gasteiger partial charge in [0, 0.05) is 24.4 Å². The number of nitrogens with zero attached hydrogens (tertiary/aromatic N) is 2. The average Bonchev–Trinajstić information content (AvgIpc) is 3.28. The van der Waals surface area contributed by atoms with Gasteiger partial charge in [-0.25, -0.2) is 9.98 Å². The first-order valence-corrected chi connectivity index (χ1v) is 12.9. The van der Waals surface area contributed by atoms with E-state index < -0.39 is 44.5 Å². The number of alkyl halides is 9. The molecule has 0 bridgehead atoms. The maximum Gasteiger partial charge on any atom is 0.460 e. The number of hydrogen-bond acceptors (Lipinski definition) is 8. The van der Waals surface area contributed by atoms with Crippen molar-refractivity contribution in [3.63, 3.8) is 0 Å². The van der Waals surface area contributed by atoms with Crippen LogP contribution in [0, 0.1) is 11.8 Å². The van der Waals surface area contributed by atoms with Crippen molar-refractivity contribution in [2.24, 2.45) is 10.7 Å². The van der Waals surface area contributed by atoms with E-state index in [-0.39, 0.29) is 6.02 Å². The zero-order valence-electron chi connectivity index (χ0n) is 21.9. The molecule has 4 rings (SSSR count). The van der Waals surface area contributed by atoms with Crippen LogP contribution in [0.25, 0.3) is 0 Å². The molecule has 0 radical (unpaired) electrons. The zero-order valence-corrected chi connectivity index (χ0v) is 22.8. The van der Waals surface area contributed by atoms with E-state index in [4.69, 9.17) is 24.5 Å². The van der Waals surface area contributed by atoms with Gasteiger partial charge in [0.25, 0.3) is 6.02 Å². The van der Waals surface area contributed by atoms with Gasteiger partial charge < -0.3 is 19.9 Å². The molecular formula is C24H20F9N3O6S. The van der Waals surface area contributed by atoms with Crippen LogP contribution >= 0.6 is 0 Å². The van der Waals surface area contributed by atoms with Crippen molar-refractivity contribution in [3.8, 4) is 23.5 Å². The Morgan fingerprint density at radius 2 is 1.63 bits per heavy atom. The predicted octanol–water partition coefficient (Wildman–Crippen LogP) is 4.85. The molecule has 19 heteroatoms. The molecular weight excluding hydrogens is 629 g/mol. The standard InChI is InChI=1S/C20H19N3O3.C4HF9O3S/c1-19(2,24-3)9-8-13-10-15-17(22-11-13)26-16-7-5-4-6-14(16)20(15)12-25-18(21)23-20;5-1(6,3(9,10)11)2(7,8)4(12,13)17(14,15)16/h4-7,10-11H,12H2,1-3H3,(H2,21,23);(H,14,15,16)/t20-;/m1./s1. The fraction of sp³-hybridized carbons (Fsp3) is 0.417. The van der Waals surface area contributed by atoms with Crippen molar-refractivity contribution in [2.75, 3.05) is 13.7 Å². The average molecular weight is 649 g/mol. The van der Waals surface area contributed by atoms with Crippen LogP contribution in [0.15, 0.2) is 41.5 Å². The Morgan fingerprint density at radius 1 is 1.02 bits per heavy atom. The van der Waals surface area contributed by atoms with Crippen LogP contribution in [0.1, 0.15) is 30.5 Å². The number of aliphatic imine (C=N–C) groups is 1. The van der Waals surface area contributed by atoms with E-state index in [1.165, 1.54) is 0 Å². The number of hydrogen-bond donors (Lipinski definition) is 2. The van der Waals surface area contributed by atoms with Gasteiger partial charge in [-0.3, -0.25) is 4.55 Å². The van der Waals surface area contributed by atoms with Gasteiger partial charge in [0.1, 0.15) is 18.0 Å². The van der Waals surface area contributed by atoms with E-state index in [9.17, 15) is 47.9 Å². The summed E-state index contributed by atoms with van der Waals surface area (Å²) in [7, 11) is -5.53. The Labute approximate surface area is 237 Å². The Morgan fingerprint density at radius 3 is 2.14 bits per heavy atom. The molecule has 0 saturated heterocycles. The van der Waals surface area contributed by atoms with Crippen LogP contribution in [-0.2, 0) is 25.1 Å². The van der Waals surface area contributed by atoms with E-state index in [1.807, 2.05) is 44.2 Å². The molecule has 43 heavy (non-hydrogen) atoms. The first-order valence-electron chi connectivity index (χ1n) is 11.4. The fourth-order valence-electron chi connectivity index (χ4n) is 3.55. The summed E-state index contributed by atoms with van der Waals surface area (Å²) in [6, 6.07) is 9.80. The normalized spacial score (nSPS) is 18.6. The molecule has 0 aliphatic carbocycles. The first-order chi connectivity index (χ1) is 19.4. The molecule has 1 aromatic heterocycles. The summed E-state index contributed by atoms with van der Waals surface area (Å²) < 4.78 is 151. The number of nitrogens with two attached hydrogens (primary N) is 1. The van der Waals surface area contributed by atoms with Gasteiger partial charge in [-0.15, -0.1) is 0 Å². The van der Waals surface area contributed by atoms with Crippen molar-refractivity contribution < 1.29 is 66.7 Å². The molecule has 2 aliphatic heterocycles. The number of aromatic nitrogens is 1. The van der Waals surface area contributed by atoms with E-state index in [0.29, 0.717) is 18.2 Å². The number of benzene rings is 1. The van der Waals surface area contributed by atoms with Crippen LogP contribution in [0.4, 0.5) is 39.5 Å². The highest BCUT2D eigenvalue weighted by Gasteiger charge is 2.85. The van der Waals surface area contributed by atoms with Crippen LogP contribution in [0.2, 0.25) is 0 Å². The number of amidine groups is 1. The number of pyridine rings is 1. The molecule has 0 amide bonds. The molecule has 0 fully saturated rings. The predicted molar refractivity (Wildman–Crippen MR) is 130 cm³/mol. The maximum absolute atomic E-state index is 12.2. The van der Waals surface area contributed by atoms with E-state index >= 15 is 0 Å². The summed E-state index contributed by atoms with van der Waals surface area (Å²) in [5, 5.41) is -7.00. The lowest BCUT2D eigenvalue weighted by Crippen LogP contribution is -2.63. The minimum atomic E-state index is -7.37. The molecule has 0 saturated carbocycles. The van der Waals surface area contributed by atoms with Gasteiger partial charge >= 0.3 is 33.4 Å². The van der Waals surface area contributed by atoms with Crippen molar-refractivity contribution in [1.29, 1.82) is 0 Å². The molecule has 3 heterocycles. The Hall–Kier alpha value is -3.76. The summed E-state index contributed by atoms with van der Waals surface area (Å²) in [5.41, 5.74) is 6.97. The van der Waals surface area contributed by atoms with Gasteiger partial charge in [0.15, 0.2) is 5.54 Å². The Balaban J connectivity index is 0.000000261. The van der Waals surface area contributed by atoms with Crippen molar-refractivity contribution in [3.05, 3.63) is 53.2 Å². The van der Waals surface area contributed by atoms with E-state index in [0.717, 1.165) is 16.7 Å². The van der Waals surface area contributed by atoms with Crippen molar-refractivity contribution in [1.82, 2.24) is 4.98 Å². The van der Waals surface area contributed by atoms with Gasteiger partial charge in [-0.05, 0) is 26.0 Å². The van der Waals surface area contributed by atoms with Crippen LogP contribution in [0.5, 0.6) is 11.6 Å². The molecule has 0 unspecified atom stereocenters. The lowest BCUT2D eigenvalue weighted by molar-refractivity contribution is -0.382. The third-order valence-corrected chi connectivity index (χ3v) is 6.93. The number of ether oxygens (including phenoxy) is 3. The smallest absolute Gasteiger partial charge is 0.460 e. The fourth-order valence-corrected chi connectivity index (χ4v) is 4.00. The monoisotopic (exact) mass is 649 g/mol. The number of methoxy groups -OCH3 is 1. The summed E-state index contributed by atoms with van der Waals surface area (Å²) in [6.45, 7) is 4.11. The summed E-state index contributed by atoms with van der Waals surface area (Å²) in [4.78, 5) is 9.07. The SMILES string of the molecule is COC(C)(C)C#Cc1cnc2c(c1)[C@@]1(COC(N)=N1)c1ccccc1O2.O=S(=O)(O)C(F)(F)C(F)(F)C(F)(F)C(F)(F)F. The molecule has 2 aromatic rings. The van der Waals surface area contributed by atoms with Gasteiger partial charge in [0.05, 0.1) is 5.56 Å². The molecule has 9 nitrogen and oxygen atoms in total. The molecule has 1 spiro atoms. The first kappa shape index (κ1) is 33.7. The highest BCUT2D eigenvalue weighted by molar-refractivity contribution is 7.87. The van der Waals surface area contributed by atoms with Crippen LogP contribution < -0.4 is 10.5 Å². The highest BCUT2D eigenvalue weighted by Crippen LogP contribution is 2.54. The lowest BCUT2D eigenvalue weighted by Gasteiger charge is -2.32. The Kier molecular flexibility index (Phi) is 8.43. The summed E-state index contributed by atoms with van der Waals surface area (Å²) in [6.07, 6.45) is -5.45. The zero-order chi connectivity index (χ0) is 32.9. The lowest BCUT2D eigenvalue weighted by atomic mass is 9.82. The second-order valence-electron chi connectivity index (χ2n) is 9.38. The third kappa shape index (κ3) is 5.90. The Bertz CT molecular complexity index is 1600. The topological polar surface area (TPSA) is 133 Å². The minimum absolute atomic E-state index is 0.157. The molecule has 1 atom stereocenters. The van der Waals surface area contributed by atoms with Crippen molar-refractivity contribution in [2.45, 2.75) is 48.3 Å². The molecule has 236 valence electrons. The quantitative estimate of drug-likeness (QED) is 0.273. The number of para-hydroxylation sites is 1. The third-order valence-electron chi connectivity index (χ3n) is 6.02. The summed E-state index contributed by atoms with van der Waals surface area (Å²) in [5.74, 6) is -7.32. The second-order valence-corrected chi connectivity index (χ2v) is 10.8. The molecule has 2 aliphatic rings. The van der Waals surface area contributed by atoms with Gasteiger partial charge in [-0.1, -0.05) is 30.0 Å². The largest absolute Gasteiger partial charge is 0.462 e. The number of halogens is 9. The van der Waals surface area contributed by atoms with Crippen LogP contribution in [0.3, 0.4) is 0 Å². The number of rotatable bonds is 4. The second kappa shape index (κ2) is 10.7. The number of fused-ring (bicyclic) bond motifs is 4. The maximum atomic E-state index is 12.2. The molecule has 1 aromatic carbocycles. The minimum Gasteiger partial charge on any atom is -0.462 e. The van der Waals surface area contributed by atoms with E-state index in [1.54, 1.807) is 13.3 Å². The van der Waals surface area contributed by atoms with E-state index in [2.05, 4.69) is 21.8 Å². The highest BCUT2D eigenvalue weighted by atomic mass is 32.2.